The van der Waals surface area contributed by atoms with Gasteiger partial charge < -0.3 is 10.5 Å². The molecule has 0 radical (unpaired) electrons. The van der Waals surface area contributed by atoms with Gasteiger partial charge in [0.15, 0.2) is 5.69 Å². The van der Waals surface area contributed by atoms with E-state index >= 15 is 0 Å². The summed E-state index contributed by atoms with van der Waals surface area (Å²) in [6.07, 6.45) is 1.54. The molecule has 3 rings (SSSR count). The molecule has 0 unspecified atom stereocenters. The number of imidazole rings is 1. The molecule has 0 atom stereocenters. The van der Waals surface area contributed by atoms with Crippen molar-refractivity contribution in [1.29, 1.82) is 5.26 Å². The first-order chi connectivity index (χ1) is 10.8. The van der Waals surface area contributed by atoms with Crippen LogP contribution in [0.15, 0.2) is 60.9 Å². The Morgan fingerprint density at radius 2 is 1.82 bits per heavy atom. The molecule has 0 aliphatic rings. The fraction of sp³-hybridized carbons (Fsp3) is 0.0588. The Bertz CT molecular complexity index is 801. The highest BCUT2D eigenvalue weighted by Gasteiger charge is 2.08. The Labute approximate surface area is 128 Å². The standard InChI is InChI=1S/C17H14N4O/c18-10-16-17(19)21(12-20-16)14-6-8-15(9-7-14)22-11-13-4-2-1-3-5-13/h1-9,12H,11,19H2. The minimum absolute atomic E-state index is 0.226. The van der Waals surface area contributed by atoms with Gasteiger partial charge in [0.1, 0.15) is 30.6 Å². The van der Waals surface area contributed by atoms with Crippen molar-refractivity contribution >= 4 is 5.82 Å². The maximum atomic E-state index is 8.88. The van der Waals surface area contributed by atoms with Crippen molar-refractivity contribution in [3.63, 3.8) is 0 Å². The third-order valence-electron chi connectivity index (χ3n) is 3.27. The number of benzene rings is 2. The maximum absolute atomic E-state index is 8.88. The summed E-state index contributed by atoms with van der Waals surface area (Å²) in [5.74, 6) is 1.10. The van der Waals surface area contributed by atoms with E-state index in [1.54, 1.807) is 4.57 Å². The Morgan fingerprint density at radius 1 is 1.09 bits per heavy atom. The van der Waals surface area contributed by atoms with E-state index in [2.05, 4.69) is 4.98 Å². The van der Waals surface area contributed by atoms with Crippen LogP contribution < -0.4 is 10.5 Å². The van der Waals surface area contributed by atoms with Crippen molar-refractivity contribution < 1.29 is 4.74 Å². The summed E-state index contributed by atoms with van der Waals surface area (Å²) in [7, 11) is 0. The zero-order valence-corrected chi connectivity index (χ0v) is 11.8. The third kappa shape index (κ3) is 2.76. The topological polar surface area (TPSA) is 76.9 Å². The van der Waals surface area contributed by atoms with Crippen molar-refractivity contribution in [2.45, 2.75) is 6.61 Å². The summed E-state index contributed by atoms with van der Waals surface area (Å²) in [4.78, 5) is 3.95. The van der Waals surface area contributed by atoms with E-state index in [1.807, 2.05) is 60.7 Å². The minimum Gasteiger partial charge on any atom is -0.489 e. The van der Waals surface area contributed by atoms with Gasteiger partial charge in [0, 0.05) is 5.69 Å². The van der Waals surface area contributed by atoms with E-state index in [9.17, 15) is 0 Å². The molecule has 5 nitrogen and oxygen atoms in total. The first kappa shape index (κ1) is 13.7. The summed E-state index contributed by atoms with van der Waals surface area (Å²) < 4.78 is 7.40. The van der Waals surface area contributed by atoms with Gasteiger partial charge in [-0.1, -0.05) is 30.3 Å². The van der Waals surface area contributed by atoms with Crippen molar-refractivity contribution in [3.8, 4) is 17.5 Å². The lowest BCUT2D eigenvalue weighted by atomic mass is 10.2. The minimum atomic E-state index is 0.226. The van der Waals surface area contributed by atoms with Gasteiger partial charge in [0.05, 0.1) is 0 Å². The van der Waals surface area contributed by atoms with Crippen LogP contribution in [0.4, 0.5) is 5.82 Å². The molecule has 1 aromatic heterocycles. The lowest BCUT2D eigenvalue weighted by Crippen LogP contribution is -2.00. The molecule has 5 heteroatoms. The van der Waals surface area contributed by atoms with Crippen LogP contribution in [0.3, 0.4) is 0 Å². The van der Waals surface area contributed by atoms with Gasteiger partial charge in [-0.2, -0.15) is 5.26 Å². The first-order valence-corrected chi connectivity index (χ1v) is 6.78. The first-order valence-electron chi connectivity index (χ1n) is 6.78. The number of nitrogens with two attached hydrogens (primary N) is 1. The largest absolute Gasteiger partial charge is 0.489 e. The molecule has 1 heterocycles. The van der Waals surface area contributed by atoms with Gasteiger partial charge in [-0.05, 0) is 29.8 Å². The fourth-order valence-corrected chi connectivity index (χ4v) is 2.09. The van der Waals surface area contributed by atoms with E-state index in [0.29, 0.717) is 12.4 Å². The molecule has 0 saturated heterocycles. The van der Waals surface area contributed by atoms with Crippen LogP contribution in [-0.4, -0.2) is 9.55 Å². The second-order valence-corrected chi connectivity index (χ2v) is 4.73. The van der Waals surface area contributed by atoms with Crippen LogP contribution in [0.2, 0.25) is 0 Å². The lowest BCUT2D eigenvalue weighted by molar-refractivity contribution is 0.306. The molecule has 0 aliphatic heterocycles. The summed E-state index contributed by atoms with van der Waals surface area (Å²) in [6.45, 7) is 0.520. The quantitative estimate of drug-likeness (QED) is 0.801. The molecule has 2 aromatic carbocycles. The Morgan fingerprint density at radius 3 is 2.45 bits per heavy atom. The van der Waals surface area contributed by atoms with Crippen LogP contribution in [0.5, 0.6) is 5.75 Å². The van der Waals surface area contributed by atoms with Gasteiger partial charge in [0.25, 0.3) is 0 Å². The van der Waals surface area contributed by atoms with E-state index in [-0.39, 0.29) is 5.69 Å². The highest BCUT2D eigenvalue weighted by Crippen LogP contribution is 2.20. The van der Waals surface area contributed by atoms with E-state index in [4.69, 9.17) is 15.7 Å². The summed E-state index contributed by atoms with van der Waals surface area (Å²) in [5.41, 5.74) is 8.04. The number of nitriles is 1. The fourth-order valence-electron chi connectivity index (χ4n) is 2.09. The second-order valence-electron chi connectivity index (χ2n) is 4.73. The highest BCUT2D eigenvalue weighted by molar-refractivity contribution is 5.51. The molecule has 0 saturated carbocycles. The highest BCUT2D eigenvalue weighted by atomic mass is 16.5. The van der Waals surface area contributed by atoms with Gasteiger partial charge in [0.2, 0.25) is 0 Å². The van der Waals surface area contributed by atoms with Crippen LogP contribution in [0.1, 0.15) is 11.3 Å². The Hall–Kier alpha value is -3.26. The van der Waals surface area contributed by atoms with Crippen molar-refractivity contribution in [2.75, 3.05) is 5.73 Å². The lowest BCUT2D eigenvalue weighted by Gasteiger charge is -2.08. The van der Waals surface area contributed by atoms with E-state index in [0.717, 1.165) is 17.0 Å². The number of rotatable bonds is 4. The van der Waals surface area contributed by atoms with Crippen molar-refractivity contribution in [2.24, 2.45) is 0 Å². The third-order valence-corrected chi connectivity index (χ3v) is 3.27. The second kappa shape index (κ2) is 6.02. The van der Waals surface area contributed by atoms with Gasteiger partial charge in [-0.15, -0.1) is 0 Å². The van der Waals surface area contributed by atoms with Crippen molar-refractivity contribution in [3.05, 3.63) is 72.2 Å². The van der Waals surface area contributed by atoms with E-state index < -0.39 is 0 Å². The summed E-state index contributed by atoms with van der Waals surface area (Å²) in [5, 5.41) is 8.88. The number of hydrogen-bond acceptors (Lipinski definition) is 4. The Balaban J connectivity index is 1.73. The summed E-state index contributed by atoms with van der Waals surface area (Å²) >= 11 is 0. The predicted octanol–water partition coefficient (Wildman–Crippen LogP) is 2.91. The molecular formula is C17H14N4O. The molecule has 0 spiro atoms. The van der Waals surface area contributed by atoms with Crippen LogP contribution >= 0.6 is 0 Å². The molecule has 108 valence electrons. The number of hydrogen-bond donors (Lipinski definition) is 1. The number of anilines is 1. The molecule has 0 fully saturated rings. The molecule has 2 N–H and O–H groups in total. The zero-order valence-electron chi connectivity index (χ0n) is 11.8. The maximum Gasteiger partial charge on any atom is 0.182 e. The number of nitrogens with zero attached hydrogens (tertiary/aromatic N) is 3. The number of aromatic nitrogens is 2. The Kier molecular flexibility index (Phi) is 3.75. The normalized spacial score (nSPS) is 10.1. The average Bonchev–Trinajstić information content (AvgIpc) is 2.95. The molecule has 0 amide bonds. The van der Waals surface area contributed by atoms with Crippen molar-refractivity contribution in [1.82, 2.24) is 9.55 Å². The molecule has 0 aliphatic carbocycles. The average molecular weight is 290 g/mol. The van der Waals surface area contributed by atoms with E-state index in [1.165, 1.54) is 6.33 Å². The van der Waals surface area contributed by atoms with Crippen LogP contribution in [0, 0.1) is 11.3 Å². The van der Waals surface area contributed by atoms with Gasteiger partial charge in [-0.3, -0.25) is 4.57 Å². The van der Waals surface area contributed by atoms with Gasteiger partial charge >= 0.3 is 0 Å². The predicted molar refractivity (Wildman–Crippen MR) is 83.5 cm³/mol. The van der Waals surface area contributed by atoms with Gasteiger partial charge in [-0.25, -0.2) is 4.98 Å². The zero-order chi connectivity index (χ0) is 15.4. The molecular weight excluding hydrogens is 276 g/mol. The summed E-state index contributed by atoms with van der Waals surface area (Å²) in [6, 6.07) is 19.4. The van der Waals surface area contributed by atoms with Crippen LogP contribution in [0.25, 0.3) is 5.69 Å². The smallest absolute Gasteiger partial charge is 0.182 e. The number of nitrogen functional groups attached to an aromatic ring is 1. The molecule has 0 bridgehead atoms. The SMILES string of the molecule is N#Cc1ncn(-c2ccc(OCc3ccccc3)cc2)c1N. The van der Waals surface area contributed by atoms with Crippen LogP contribution in [-0.2, 0) is 6.61 Å². The molecule has 3 aromatic rings. The monoisotopic (exact) mass is 290 g/mol. The number of ether oxygens (including phenoxy) is 1. The molecule has 22 heavy (non-hydrogen) atoms.